The molecule has 0 aliphatic carbocycles. The van der Waals surface area contributed by atoms with Crippen molar-refractivity contribution >= 4 is 17.4 Å². The maximum atomic E-state index is 11.5. The first-order valence-corrected chi connectivity index (χ1v) is 5.58. The van der Waals surface area contributed by atoms with Crippen molar-refractivity contribution in [3.05, 3.63) is 17.8 Å². The Hall–Kier alpha value is -1.58. The molecule has 1 N–H and O–H groups in total. The minimum Gasteiger partial charge on any atom is -0.345 e. The maximum absolute atomic E-state index is 11.5. The highest BCUT2D eigenvalue weighted by Gasteiger charge is 2.23. The summed E-state index contributed by atoms with van der Waals surface area (Å²) in [5.74, 6) is 1.45. The van der Waals surface area contributed by atoms with Crippen LogP contribution < -0.4 is 10.2 Å². The van der Waals surface area contributed by atoms with Gasteiger partial charge < -0.3 is 10.2 Å². The van der Waals surface area contributed by atoms with Crippen molar-refractivity contribution < 1.29 is 4.79 Å². The number of fused-ring (bicyclic) bond motifs is 1. The largest absolute Gasteiger partial charge is 0.345 e. The summed E-state index contributed by atoms with van der Waals surface area (Å²) in [7, 11) is 0. The molecule has 0 unspecified atom stereocenters. The number of nitrogens with one attached hydrogen (secondary N) is 1. The van der Waals surface area contributed by atoms with Crippen molar-refractivity contribution in [2.24, 2.45) is 5.92 Å². The Kier molecular flexibility index (Phi) is 2.81. The zero-order valence-electron chi connectivity index (χ0n) is 9.95. The summed E-state index contributed by atoms with van der Waals surface area (Å²) in [4.78, 5) is 18.1. The van der Waals surface area contributed by atoms with Crippen LogP contribution >= 0.6 is 0 Å². The lowest BCUT2D eigenvalue weighted by atomic mass is 10.1. The fourth-order valence-electron chi connectivity index (χ4n) is 1.91. The molecule has 16 heavy (non-hydrogen) atoms. The van der Waals surface area contributed by atoms with Crippen LogP contribution in [0.1, 0.15) is 19.5 Å². The second-order valence-corrected chi connectivity index (χ2v) is 4.65. The number of carbonyl (C=O) groups is 1. The van der Waals surface area contributed by atoms with E-state index in [0.29, 0.717) is 12.5 Å². The molecule has 0 saturated carbocycles. The van der Waals surface area contributed by atoms with Crippen LogP contribution in [0.4, 0.5) is 11.5 Å². The van der Waals surface area contributed by atoms with E-state index < -0.39 is 0 Å². The Labute approximate surface area is 95.7 Å². The van der Waals surface area contributed by atoms with E-state index in [1.165, 1.54) is 0 Å². The summed E-state index contributed by atoms with van der Waals surface area (Å²) >= 11 is 0. The standard InChI is InChI=1S/C12H17N3O/c1-8(2)6-15-7-11(16)14-10-5-4-9(3)13-12(10)15/h4-5,8H,6-7H2,1-3H3,(H,14,16). The molecular weight excluding hydrogens is 202 g/mol. The van der Waals surface area contributed by atoms with Crippen molar-refractivity contribution in [2.45, 2.75) is 20.8 Å². The molecule has 1 amide bonds. The Bertz CT molecular complexity index is 415. The average Bonchev–Trinajstić information content (AvgIpc) is 2.18. The third-order valence-corrected chi connectivity index (χ3v) is 2.51. The molecule has 0 bridgehead atoms. The van der Waals surface area contributed by atoms with E-state index in [4.69, 9.17) is 0 Å². The van der Waals surface area contributed by atoms with Gasteiger partial charge in [0.25, 0.3) is 0 Å². The fraction of sp³-hybridized carbons (Fsp3) is 0.500. The quantitative estimate of drug-likeness (QED) is 0.825. The van der Waals surface area contributed by atoms with Crippen LogP contribution in [0.25, 0.3) is 0 Å². The Balaban J connectivity index is 2.35. The first-order chi connectivity index (χ1) is 7.56. The average molecular weight is 219 g/mol. The molecule has 1 aromatic heterocycles. The zero-order valence-corrected chi connectivity index (χ0v) is 9.95. The minimum absolute atomic E-state index is 0.0406. The first-order valence-electron chi connectivity index (χ1n) is 5.58. The number of rotatable bonds is 2. The number of aromatic nitrogens is 1. The zero-order chi connectivity index (χ0) is 11.7. The maximum Gasteiger partial charge on any atom is 0.244 e. The van der Waals surface area contributed by atoms with Crippen LogP contribution in [0.3, 0.4) is 0 Å². The molecule has 2 rings (SSSR count). The Morgan fingerprint density at radius 1 is 1.50 bits per heavy atom. The summed E-state index contributed by atoms with van der Waals surface area (Å²) in [6, 6.07) is 3.83. The van der Waals surface area contributed by atoms with Crippen molar-refractivity contribution in [3.63, 3.8) is 0 Å². The number of amides is 1. The molecule has 4 nitrogen and oxygen atoms in total. The van der Waals surface area contributed by atoms with Gasteiger partial charge in [0.05, 0.1) is 12.2 Å². The summed E-state index contributed by atoms with van der Waals surface area (Å²) < 4.78 is 0. The van der Waals surface area contributed by atoms with Crippen LogP contribution in [0, 0.1) is 12.8 Å². The molecule has 0 aromatic carbocycles. The molecule has 0 saturated heterocycles. The van der Waals surface area contributed by atoms with Gasteiger partial charge >= 0.3 is 0 Å². The van der Waals surface area contributed by atoms with Gasteiger partial charge in [0.1, 0.15) is 0 Å². The van der Waals surface area contributed by atoms with Crippen molar-refractivity contribution in [3.8, 4) is 0 Å². The molecule has 1 aromatic rings. The number of nitrogens with zero attached hydrogens (tertiary/aromatic N) is 2. The lowest BCUT2D eigenvalue weighted by Gasteiger charge is -2.31. The molecule has 0 fully saturated rings. The normalized spacial score (nSPS) is 15.0. The molecule has 86 valence electrons. The third kappa shape index (κ3) is 2.15. The molecule has 4 heteroatoms. The molecule has 0 atom stereocenters. The molecule has 0 radical (unpaired) electrons. The van der Waals surface area contributed by atoms with Gasteiger partial charge in [-0.05, 0) is 25.0 Å². The van der Waals surface area contributed by atoms with Gasteiger partial charge in [-0.3, -0.25) is 4.79 Å². The Morgan fingerprint density at radius 2 is 2.25 bits per heavy atom. The van der Waals surface area contributed by atoms with Crippen LogP contribution in [-0.4, -0.2) is 24.0 Å². The molecule has 2 heterocycles. The summed E-state index contributed by atoms with van der Waals surface area (Å²) in [6.07, 6.45) is 0. The number of anilines is 2. The predicted molar refractivity (Wildman–Crippen MR) is 64.7 cm³/mol. The van der Waals surface area contributed by atoms with Crippen LogP contribution in [0.15, 0.2) is 12.1 Å². The first kappa shape index (κ1) is 10.9. The van der Waals surface area contributed by atoms with Crippen LogP contribution in [0.5, 0.6) is 0 Å². The van der Waals surface area contributed by atoms with Crippen molar-refractivity contribution in [2.75, 3.05) is 23.3 Å². The Morgan fingerprint density at radius 3 is 2.94 bits per heavy atom. The van der Waals surface area contributed by atoms with Gasteiger partial charge in [0.15, 0.2) is 5.82 Å². The molecule has 0 spiro atoms. The highest BCUT2D eigenvalue weighted by molar-refractivity contribution is 6.00. The topological polar surface area (TPSA) is 45.2 Å². The lowest BCUT2D eigenvalue weighted by molar-refractivity contribution is -0.115. The van der Waals surface area contributed by atoms with E-state index in [-0.39, 0.29) is 5.91 Å². The molecule has 1 aliphatic rings. The molecule has 1 aliphatic heterocycles. The van der Waals surface area contributed by atoms with Gasteiger partial charge in [-0.25, -0.2) is 4.98 Å². The smallest absolute Gasteiger partial charge is 0.244 e. The number of carbonyl (C=O) groups excluding carboxylic acids is 1. The third-order valence-electron chi connectivity index (χ3n) is 2.51. The highest BCUT2D eigenvalue weighted by Crippen LogP contribution is 2.27. The summed E-state index contributed by atoms with van der Waals surface area (Å²) in [6.45, 7) is 7.51. The van der Waals surface area contributed by atoms with Gasteiger partial charge in [-0.15, -0.1) is 0 Å². The molecular formula is C12H17N3O. The fourth-order valence-corrected chi connectivity index (χ4v) is 1.91. The van der Waals surface area contributed by atoms with Gasteiger partial charge in [-0.2, -0.15) is 0 Å². The van der Waals surface area contributed by atoms with E-state index in [9.17, 15) is 4.79 Å². The number of pyridine rings is 1. The van der Waals surface area contributed by atoms with E-state index in [0.717, 1.165) is 23.7 Å². The van der Waals surface area contributed by atoms with Gasteiger partial charge in [0.2, 0.25) is 5.91 Å². The number of aryl methyl sites for hydroxylation is 1. The highest BCUT2D eigenvalue weighted by atomic mass is 16.2. The van der Waals surface area contributed by atoms with E-state index >= 15 is 0 Å². The van der Waals surface area contributed by atoms with Crippen molar-refractivity contribution in [1.82, 2.24) is 4.98 Å². The minimum atomic E-state index is 0.0406. The van der Waals surface area contributed by atoms with E-state index in [1.54, 1.807) is 0 Å². The number of hydrogen-bond acceptors (Lipinski definition) is 3. The van der Waals surface area contributed by atoms with E-state index in [2.05, 4.69) is 24.1 Å². The van der Waals surface area contributed by atoms with Gasteiger partial charge in [0, 0.05) is 12.2 Å². The van der Waals surface area contributed by atoms with Crippen LogP contribution in [0.2, 0.25) is 0 Å². The number of hydrogen-bond donors (Lipinski definition) is 1. The monoisotopic (exact) mass is 219 g/mol. The second-order valence-electron chi connectivity index (χ2n) is 4.65. The van der Waals surface area contributed by atoms with Crippen molar-refractivity contribution in [1.29, 1.82) is 0 Å². The van der Waals surface area contributed by atoms with E-state index in [1.807, 2.05) is 24.0 Å². The lowest BCUT2D eigenvalue weighted by Crippen LogP contribution is -2.40. The second kappa shape index (κ2) is 4.12. The summed E-state index contributed by atoms with van der Waals surface area (Å²) in [5, 5.41) is 2.85. The SMILES string of the molecule is Cc1ccc2c(n1)N(CC(C)C)CC(=O)N2. The van der Waals surface area contributed by atoms with Crippen LogP contribution in [-0.2, 0) is 4.79 Å². The van der Waals surface area contributed by atoms with Gasteiger partial charge in [-0.1, -0.05) is 13.8 Å². The predicted octanol–water partition coefficient (Wildman–Crippen LogP) is 1.80. The summed E-state index contributed by atoms with van der Waals surface area (Å²) in [5.41, 5.74) is 1.80.